The second-order valence-corrected chi connectivity index (χ2v) is 6.47. The second-order valence-electron chi connectivity index (χ2n) is 6.47. The maximum atomic E-state index is 11.2. The van der Waals surface area contributed by atoms with Crippen molar-refractivity contribution >= 4 is 5.78 Å². The summed E-state index contributed by atoms with van der Waals surface area (Å²) < 4.78 is 0. The highest BCUT2D eigenvalue weighted by Crippen LogP contribution is 2.19. The van der Waals surface area contributed by atoms with Crippen molar-refractivity contribution in [3.63, 3.8) is 0 Å². The normalized spacial score (nSPS) is 12.5. The van der Waals surface area contributed by atoms with Gasteiger partial charge in [0.25, 0.3) is 0 Å². The molecule has 96 valence electrons. The summed E-state index contributed by atoms with van der Waals surface area (Å²) in [4.78, 5) is 13.5. The van der Waals surface area contributed by atoms with Gasteiger partial charge in [-0.15, -0.1) is 0 Å². The molecule has 0 aromatic rings. The Hall–Kier alpha value is -0.370. The van der Waals surface area contributed by atoms with Crippen LogP contribution in [-0.4, -0.2) is 30.3 Å². The smallest absolute Gasteiger partial charge is 0.143 e. The lowest BCUT2D eigenvalue weighted by atomic mass is 9.92. The highest BCUT2D eigenvalue weighted by Gasteiger charge is 2.14. The summed E-state index contributed by atoms with van der Waals surface area (Å²) in [6, 6.07) is 0. The second kappa shape index (κ2) is 7.05. The predicted molar refractivity (Wildman–Crippen MR) is 70.6 cm³/mol. The van der Waals surface area contributed by atoms with E-state index >= 15 is 0 Å². The molecule has 0 saturated carbocycles. The molecule has 0 amide bonds. The molecule has 0 aromatic carbocycles. The van der Waals surface area contributed by atoms with Crippen LogP contribution in [0.25, 0.3) is 0 Å². The minimum absolute atomic E-state index is 0.276. The standard InChI is InChI=1S/C14H29NO/c1-12(2)7-9-15(11-13(3)16)10-8-14(4,5)6/h12H,7-11H2,1-6H3. The van der Waals surface area contributed by atoms with E-state index in [4.69, 9.17) is 0 Å². The molecule has 16 heavy (non-hydrogen) atoms. The quantitative estimate of drug-likeness (QED) is 0.664. The molecule has 0 atom stereocenters. The van der Waals surface area contributed by atoms with Gasteiger partial charge in [-0.1, -0.05) is 34.6 Å². The number of nitrogens with zero attached hydrogens (tertiary/aromatic N) is 1. The molecule has 0 rings (SSSR count). The largest absolute Gasteiger partial charge is 0.299 e. The highest BCUT2D eigenvalue weighted by atomic mass is 16.1. The molecule has 0 bridgehead atoms. The van der Waals surface area contributed by atoms with Crippen molar-refractivity contribution in [1.29, 1.82) is 0 Å². The summed E-state index contributed by atoms with van der Waals surface area (Å²) in [6.45, 7) is 15.6. The Balaban J connectivity index is 4.05. The van der Waals surface area contributed by atoms with Crippen LogP contribution in [0, 0.1) is 11.3 Å². The van der Waals surface area contributed by atoms with Crippen LogP contribution in [0.4, 0.5) is 0 Å². The zero-order valence-electron chi connectivity index (χ0n) is 12.0. The molecule has 0 aliphatic heterocycles. The van der Waals surface area contributed by atoms with Gasteiger partial charge in [0.2, 0.25) is 0 Å². The molecule has 0 heterocycles. The Kier molecular flexibility index (Phi) is 6.89. The van der Waals surface area contributed by atoms with E-state index in [2.05, 4.69) is 39.5 Å². The zero-order chi connectivity index (χ0) is 12.8. The average Bonchev–Trinajstić information content (AvgIpc) is 2.07. The molecular weight excluding hydrogens is 198 g/mol. The minimum Gasteiger partial charge on any atom is -0.299 e. The van der Waals surface area contributed by atoms with Crippen molar-refractivity contribution in [2.24, 2.45) is 11.3 Å². The number of hydrogen-bond donors (Lipinski definition) is 0. The molecule has 0 N–H and O–H groups in total. The van der Waals surface area contributed by atoms with Crippen LogP contribution in [0.2, 0.25) is 0 Å². The topological polar surface area (TPSA) is 20.3 Å². The lowest BCUT2D eigenvalue weighted by molar-refractivity contribution is -0.118. The van der Waals surface area contributed by atoms with Crippen molar-refractivity contribution in [3.8, 4) is 0 Å². The average molecular weight is 227 g/mol. The number of ketones is 1. The van der Waals surface area contributed by atoms with Gasteiger partial charge in [-0.2, -0.15) is 0 Å². The fourth-order valence-electron chi connectivity index (χ4n) is 1.52. The lowest BCUT2D eigenvalue weighted by Crippen LogP contribution is -2.33. The summed E-state index contributed by atoms with van der Waals surface area (Å²) in [5.41, 5.74) is 0.354. The van der Waals surface area contributed by atoms with Crippen LogP contribution in [0.3, 0.4) is 0 Å². The Morgan fingerprint density at radius 2 is 1.75 bits per heavy atom. The number of hydrogen-bond acceptors (Lipinski definition) is 2. The van der Waals surface area contributed by atoms with Gasteiger partial charge in [0.05, 0.1) is 6.54 Å². The van der Waals surface area contributed by atoms with Gasteiger partial charge in [-0.05, 0) is 44.2 Å². The first-order valence-corrected chi connectivity index (χ1v) is 6.42. The fraction of sp³-hybridized carbons (Fsp3) is 0.929. The summed E-state index contributed by atoms with van der Waals surface area (Å²) in [6.07, 6.45) is 2.33. The number of carbonyl (C=O) groups is 1. The number of carbonyl (C=O) groups excluding carboxylic acids is 1. The fourth-order valence-corrected chi connectivity index (χ4v) is 1.52. The number of Topliss-reactive ketones (excluding diaryl/α,β-unsaturated/α-hetero) is 1. The van der Waals surface area contributed by atoms with Gasteiger partial charge in [0.1, 0.15) is 5.78 Å². The Labute approximate surface area is 101 Å². The minimum atomic E-state index is 0.276. The van der Waals surface area contributed by atoms with Crippen molar-refractivity contribution in [3.05, 3.63) is 0 Å². The van der Waals surface area contributed by atoms with Gasteiger partial charge in [0.15, 0.2) is 0 Å². The zero-order valence-corrected chi connectivity index (χ0v) is 12.0. The molecule has 0 saturated heterocycles. The third-order valence-electron chi connectivity index (χ3n) is 2.65. The van der Waals surface area contributed by atoms with Gasteiger partial charge >= 0.3 is 0 Å². The lowest BCUT2D eigenvalue weighted by Gasteiger charge is -2.26. The first-order chi connectivity index (χ1) is 7.20. The van der Waals surface area contributed by atoms with E-state index in [9.17, 15) is 4.79 Å². The van der Waals surface area contributed by atoms with Crippen molar-refractivity contribution in [2.45, 2.75) is 54.4 Å². The van der Waals surface area contributed by atoms with Gasteiger partial charge < -0.3 is 0 Å². The Bertz CT molecular complexity index is 203. The van der Waals surface area contributed by atoms with Gasteiger partial charge in [-0.25, -0.2) is 0 Å². The summed E-state index contributed by atoms with van der Waals surface area (Å²) in [7, 11) is 0. The van der Waals surface area contributed by atoms with Crippen LogP contribution in [0.15, 0.2) is 0 Å². The molecule has 2 heteroatoms. The summed E-state index contributed by atoms with van der Waals surface area (Å²) in [5.74, 6) is 0.988. The van der Waals surface area contributed by atoms with Crippen LogP contribution < -0.4 is 0 Å². The molecular formula is C14H29NO. The van der Waals surface area contributed by atoms with Crippen molar-refractivity contribution in [2.75, 3.05) is 19.6 Å². The Morgan fingerprint density at radius 3 is 2.12 bits per heavy atom. The third kappa shape index (κ3) is 10.2. The van der Waals surface area contributed by atoms with Crippen molar-refractivity contribution in [1.82, 2.24) is 4.90 Å². The summed E-state index contributed by atoms with van der Waals surface area (Å²) >= 11 is 0. The Morgan fingerprint density at radius 1 is 1.19 bits per heavy atom. The highest BCUT2D eigenvalue weighted by molar-refractivity contribution is 5.77. The summed E-state index contributed by atoms with van der Waals surface area (Å²) in [5, 5.41) is 0. The SMILES string of the molecule is CC(=O)CN(CCC(C)C)CCC(C)(C)C. The number of rotatable bonds is 7. The van der Waals surface area contributed by atoms with E-state index in [0.717, 1.165) is 19.5 Å². The van der Waals surface area contributed by atoms with Crippen LogP contribution in [-0.2, 0) is 4.79 Å². The van der Waals surface area contributed by atoms with E-state index in [1.54, 1.807) is 6.92 Å². The van der Waals surface area contributed by atoms with Crippen LogP contribution in [0.1, 0.15) is 54.4 Å². The van der Waals surface area contributed by atoms with E-state index < -0.39 is 0 Å². The molecule has 0 aliphatic rings. The maximum absolute atomic E-state index is 11.2. The van der Waals surface area contributed by atoms with Gasteiger partial charge in [-0.3, -0.25) is 9.69 Å². The predicted octanol–water partition coefficient (Wildman–Crippen LogP) is 3.36. The van der Waals surface area contributed by atoms with E-state index in [1.165, 1.54) is 6.42 Å². The first kappa shape index (κ1) is 15.6. The molecule has 0 unspecified atom stereocenters. The first-order valence-electron chi connectivity index (χ1n) is 6.42. The monoisotopic (exact) mass is 227 g/mol. The molecule has 0 fully saturated rings. The maximum Gasteiger partial charge on any atom is 0.143 e. The van der Waals surface area contributed by atoms with E-state index in [1.807, 2.05) is 0 Å². The van der Waals surface area contributed by atoms with Crippen molar-refractivity contribution < 1.29 is 4.79 Å². The van der Waals surface area contributed by atoms with E-state index in [0.29, 0.717) is 17.9 Å². The van der Waals surface area contributed by atoms with E-state index in [-0.39, 0.29) is 5.78 Å². The van der Waals surface area contributed by atoms with Crippen LogP contribution >= 0.6 is 0 Å². The molecule has 2 nitrogen and oxygen atoms in total. The molecule has 0 aliphatic carbocycles. The molecule has 0 radical (unpaired) electrons. The third-order valence-corrected chi connectivity index (χ3v) is 2.65. The van der Waals surface area contributed by atoms with Crippen LogP contribution in [0.5, 0.6) is 0 Å². The molecule has 0 spiro atoms. The van der Waals surface area contributed by atoms with Gasteiger partial charge in [0, 0.05) is 0 Å². The molecule has 0 aromatic heterocycles.